The summed E-state index contributed by atoms with van der Waals surface area (Å²) >= 11 is 0. The summed E-state index contributed by atoms with van der Waals surface area (Å²) in [6.45, 7) is 2.99. The first-order valence-corrected chi connectivity index (χ1v) is 6.51. The number of carboxylic acid groups (broad SMARTS) is 1. The Hall–Kier alpha value is -2.21. The number of benzene rings is 1. The molecule has 0 fully saturated rings. The second-order valence-corrected chi connectivity index (χ2v) is 4.48. The van der Waals surface area contributed by atoms with Crippen molar-refractivity contribution in [2.45, 2.75) is 19.9 Å². The van der Waals surface area contributed by atoms with Gasteiger partial charge in [-0.3, -0.25) is 9.69 Å². The largest absolute Gasteiger partial charge is 0.480 e. The second kappa shape index (κ2) is 6.81. The second-order valence-electron chi connectivity index (χ2n) is 4.48. The van der Waals surface area contributed by atoms with E-state index in [1.165, 1.54) is 0 Å². The summed E-state index contributed by atoms with van der Waals surface area (Å²) < 4.78 is 5.18. The molecule has 0 saturated heterocycles. The molecule has 2 aromatic rings. The molecule has 0 bridgehead atoms. The number of carbonyl (C=O) groups is 1. The van der Waals surface area contributed by atoms with Crippen molar-refractivity contribution in [2.24, 2.45) is 0 Å². The van der Waals surface area contributed by atoms with E-state index in [0.717, 1.165) is 12.0 Å². The molecule has 6 heteroatoms. The highest BCUT2D eigenvalue weighted by Crippen LogP contribution is 2.15. The molecule has 1 N–H and O–H groups in total. The fourth-order valence-corrected chi connectivity index (χ4v) is 1.94. The van der Waals surface area contributed by atoms with E-state index in [4.69, 9.17) is 9.63 Å². The third-order valence-electron chi connectivity index (χ3n) is 2.76. The van der Waals surface area contributed by atoms with Gasteiger partial charge in [-0.1, -0.05) is 42.4 Å². The van der Waals surface area contributed by atoms with Crippen LogP contribution in [-0.2, 0) is 11.3 Å². The summed E-state index contributed by atoms with van der Waals surface area (Å²) in [5.41, 5.74) is 0.878. The maximum atomic E-state index is 10.8. The van der Waals surface area contributed by atoms with Gasteiger partial charge in [0.2, 0.25) is 11.7 Å². The zero-order chi connectivity index (χ0) is 14.4. The molecule has 0 spiro atoms. The number of aliphatic carboxylic acids is 1. The third-order valence-corrected chi connectivity index (χ3v) is 2.76. The Kier molecular flexibility index (Phi) is 4.84. The van der Waals surface area contributed by atoms with Crippen LogP contribution in [0, 0.1) is 0 Å². The molecule has 2 rings (SSSR count). The molecule has 0 aliphatic rings. The summed E-state index contributed by atoms with van der Waals surface area (Å²) in [4.78, 5) is 16.9. The summed E-state index contributed by atoms with van der Waals surface area (Å²) in [7, 11) is 0. The molecule has 1 aromatic carbocycles. The van der Waals surface area contributed by atoms with Crippen molar-refractivity contribution in [3.8, 4) is 11.4 Å². The third kappa shape index (κ3) is 3.89. The van der Waals surface area contributed by atoms with Crippen molar-refractivity contribution in [3.63, 3.8) is 0 Å². The van der Waals surface area contributed by atoms with E-state index in [9.17, 15) is 4.79 Å². The smallest absolute Gasteiger partial charge is 0.317 e. The van der Waals surface area contributed by atoms with Gasteiger partial charge in [0.25, 0.3) is 0 Å². The zero-order valence-electron chi connectivity index (χ0n) is 11.3. The van der Waals surface area contributed by atoms with Crippen LogP contribution in [0.2, 0.25) is 0 Å². The summed E-state index contributed by atoms with van der Waals surface area (Å²) in [5.74, 6) is 0.0900. The van der Waals surface area contributed by atoms with Crippen LogP contribution in [0.5, 0.6) is 0 Å². The van der Waals surface area contributed by atoms with Gasteiger partial charge in [0, 0.05) is 5.56 Å². The van der Waals surface area contributed by atoms with Crippen LogP contribution >= 0.6 is 0 Å². The van der Waals surface area contributed by atoms with Crippen molar-refractivity contribution in [1.82, 2.24) is 15.0 Å². The summed E-state index contributed by atoms with van der Waals surface area (Å²) in [6.07, 6.45) is 0.868. The molecular weight excluding hydrogens is 258 g/mol. The molecule has 0 aliphatic heterocycles. The van der Waals surface area contributed by atoms with E-state index < -0.39 is 5.97 Å². The topological polar surface area (TPSA) is 79.5 Å². The number of hydrogen-bond acceptors (Lipinski definition) is 5. The Morgan fingerprint density at radius 3 is 2.75 bits per heavy atom. The van der Waals surface area contributed by atoms with Crippen molar-refractivity contribution < 1.29 is 14.4 Å². The van der Waals surface area contributed by atoms with E-state index in [1.54, 1.807) is 4.90 Å². The van der Waals surface area contributed by atoms with Gasteiger partial charge >= 0.3 is 5.97 Å². The predicted octanol–water partition coefficient (Wildman–Crippen LogP) is 2.03. The van der Waals surface area contributed by atoms with Gasteiger partial charge in [0.15, 0.2) is 0 Å². The van der Waals surface area contributed by atoms with Gasteiger partial charge < -0.3 is 9.63 Å². The molecular formula is C14H17N3O3. The van der Waals surface area contributed by atoms with Crippen LogP contribution in [0.4, 0.5) is 0 Å². The lowest BCUT2D eigenvalue weighted by Gasteiger charge is -2.16. The summed E-state index contributed by atoms with van der Waals surface area (Å²) in [6, 6.07) is 9.52. The summed E-state index contributed by atoms with van der Waals surface area (Å²) in [5, 5.41) is 12.8. The number of nitrogens with zero attached hydrogens (tertiary/aromatic N) is 3. The van der Waals surface area contributed by atoms with E-state index >= 15 is 0 Å². The van der Waals surface area contributed by atoms with Crippen molar-refractivity contribution in [3.05, 3.63) is 36.2 Å². The van der Waals surface area contributed by atoms with Gasteiger partial charge in [0.1, 0.15) is 0 Å². The molecule has 0 radical (unpaired) electrons. The SMILES string of the molecule is CCCN(CC(=O)O)Cc1nc(-c2ccccc2)no1. The van der Waals surface area contributed by atoms with Gasteiger partial charge in [-0.2, -0.15) is 4.98 Å². The minimum Gasteiger partial charge on any atom is -0.480 e. The van der Waals surface area contributed by atoms with Crippen LogP contribution in [0.25, 0.3) is 11.4 Å². The Bertz CT molecular complexity index is 554. The average Bonchev–Trinajstić information content (AvgIpc) is 2.88. The van der Waals surface area contributed by atoms with Gasteiger partial charge in [-0.25, -0.2) is 0 Å². The lowest BCUT2D eigenvalue weighted by atomic mass is 10.2. The normalized spacial score (nSPS) is 10.9. The zero-order valence-corrected chi connectivity index (χ0v) is 11.3. The number of hydrogen-bond donors (Lipinski definition) is 1. The Morgan fingerprint density at radius 2 is 2.10 bits per heavy atom. The quantitative estimate of drug-likeness (QED) is 0.833. The highest BCUT2D eigenvalue weighted by atomic mass is 16.5. The molecule has 0 unspecified atom stereocenters. The first-order valence-electron chi connectivity index (χ1n) is 6.51. The van der Waals surface area contributed by atoms with Crippen LogP contribution in [0.15, 0.2) is 34.9 Å². The minimum absolute atomic E-state index is 0.0309. The molecule has 1 heterocycles. The van der Waals surface area contributed by atoms with E-state index in [-0.39, 0.29) is 6.54 Å². The highest BCUT2D eigenvalue weighted by Gasteiger charge is 2.14. The molecule has 0 atom stereocenters. The molecule has 6 nitrogen and oxygen atoms in total. The van der Waals surface area contributed by atoms with Crippen molar-refractivity contribution in [1.29, 1.82) is 0 Å². The highest BCUT2D eigenvalue weighted by molar-refractivity contribution is 5.69. The van der Waals surface area contributed by atoms with E-state index in [2.05, 4.69) is 10.1 Å². The maximum Gasteiger partial charge on any atom is 0.317 e. The maximum absolute atomic E-state index is 10.8. The lowest BCUT2D eigenvalue weighted by molar-refractivity contribution is -0.138. The molecule has 20 heavy (non-hydrogen) atoms. The molecule has 106 valence electrons. The van der Waals surface area contributed by atoms with Gasteiger partial charge in [-0.15, -0.1) is 0 Å². The average molecular weight is 275 g/mol. The minimum atomic E-state index is -0.860. The Labute approximate surface area is 117 Å². The fraction of sp³-hybridized carbons (Fsp3) is 0.357. The van der Waals surface area contributed by atoms with Crippen LogP contribution in [-0.4, -0.2) is 39.2 Å². The van der Waals surface area contributed by atoms with Gasteiger partial charge in [-0.05, 0) is 13.0 Å². The fourth-order valence-electron chi connectivity index (χ4n) is 1.94. The molecule has 0 amide bonds. The monoisotopic (exact) mass is 275 g/mol. The Balaban J connectivity index is 2.06. The number of rotatable bonds is 7. The molecule has 0 saturated carbocycles. The van der Waals surface area contributed by atoms with E-state index in [0.29, 0.717) is 24.8 Å². The lowest BCUT2D eigenvalue weighted by Crippen LogP contribution is -2.30. The first kappa shape index (κ1) is 14.2. The molecule has 0 aliphatic carbocycles. The predicted molar refractivity (Wildman–Crippen MR) is 72.9 cm³/mol. The van der Waals surface area contributed by atoms with Crippen molar-refractivity contribution in [2.75, 3.05) is 13.1 Å². The van der Waals surface area contributed by atoms with Crippen molar-refractivity contribution >= 4 is 5.97 Å². The van der Waals surface area contributed by atoms with Crippen LogP contribution in [0.3, 0.4) is 0 Å². The number of aromatic nitrogens is 2. The molecule has 1 aromatic heterocycles. The van der Waals surface area contributed by atoms with Crippen LogP contribution < -0.4 is 0 Å². The van der Waals surface area contributed by atoms with Gasteiger partial charge in [0.05, 0.1) is 13.1 Å². The van der Waals surface area contributed by atoms with E-state index in [1.807, 2.05) is 37.3 Å². The first-order chi connectivity index (χ1) is 9.69. The number of carboxylic acids is 1. The van der Waals surface area contributed by atoms with Crippen LogP contribution in [0.1, 0.15) is 19.2 Å². The Morgan fingerprint density at radius 1 is 1.35 bits per heavy atom. The standard InChI is InChI=1S/C14H17N3O3/c1-2-8-17(10-13(18)19)9-12-15-14(16-20-12)11-6-4-3-5-7-11/h3-7H,2,8-10H2,1H3,(H,18,19).